The molecular weight excluding hydrogens is 218 g/mol. The normalized spacial score (nSPS) is 9.57. The summed E-state index contributed by atoms with van der Waals surface area (Å²) in [5.74, 6) is 0.692. The average molecular weight is 227 g/mol. The smallest absolute Gasteiger partial charge is 0.190 e. The van der Waals surface area contributed by atoms with Crippen molar-refractivity contribution in [3.05, 3.63) is 18.0 Å². The first-order valence-electron chi connectivity index (χ1n) is 3.73. The molecule has 0 saturated carbocycles. The molecule has 14 heavy (non-hydrogen) atoms. The quantitative estimate of drug-likeness (QED) is 0.698. The fourth-order valence-electron chi connectivity index (χ4n) is 0.718. The standard InChI is InChI=1S/C7H9N5S2/c1-12(2)7(14)6-10-3-9-5(11-6)4(8)13/h3H,1-2H3,(H2,8,13). The van der Waals surface area contributed by atoms with Crippen molar-refractivity contribution in [3.63, 3.8) is 0 Å². The van der Waals surface area contributed by atoms with Gasteiger partial charge in [-0.2, -0.15) is 0 Å². The second kappa shape index (κ2) is 4.34. The molecule has 5 nitrogen and oxygen atoms in total. The number of nitrogens with two attached hydrogens (primary N) is 1. The van der Waals surface area contributed by atoms with Gasteiger partial charge < -0.3 is 10.6 Å². The first-order valence-corrected chi connectivity index (χ1v) is 4.54. The fourth-order valence-corrected chi connectivity index (χ4v) is 0.915. The molecule has 0 atom stereocenters. The second-order valence-electron chi connectivity index (χ2n) is 2.70. The van der Waals surface area contributed by atoms with E-state index in [9.17, 15) is 0 Å². The summed E-state index contributed by atoms with van der Waals surface area (Å²) in [6, 6.07) is 0. The molecule has 0 bridgehead atoms. The van der Waals surface area contributed by atoms with E-state index in [2.05, 4.69) is 15.0 Å². The van der Waals surface area contributed by atoms with Crippen LogP contribution >= 0.6 is 24.4 Å². The number of aromatic nitrogens is 3. The summed E-state index contributed by atoms with van der Waals surface area (Å²) in [5, 5.41) is 0. The highest BCUT2D eigenvalue weighted by molar-refractivity contribution is 7.81. The third-order valence-corrected chi connectivity index (χ3v) is 2.12. The van der Waals surface area contributed by atoms with Crippen LogP contribution in [-0.4, -0.2) is 43.9 Å². The number of hydrogen-bond donors (Lipinski definition) is 1. The van der Waals surface area contributed by atoms with Gasteiger partial charge in [0.05, 0.1) is 0 Å². The van der Waals surface area contributed by atoms with Gasteiger partial charge in [0.1, 0.15) is 16.3 Å². The average Bonchev–Trinajstić information content (AvgIpc) is 2.16. The van der Waals surface area contributed by atoms with Crippen LogP contribution in [0.25, 0.3) is 0 Å². The lowest BCUT2D eigenvalue weighted by molar-refractivity contribution is 0.630. The van der Waals surface area contributed by atoms with E-state index in [4.69, 9.17) is 30.2 Å². The second-order valence-corrected chi connectivity index (χ2v) is 3.52. The lowest BCUT2D eigenvalue weighted by atomic mass is 10.5. The highest BCUT2D eigenvalue weighted by Crippen LogP contribution is 1.96. The summed E-state index contributed by atoms with van der Waals surface area (Å²) in [4.78, 5) is 14.1. The lowest BCUT2D eigenvalue weighted by Gasteiger charge is -2.11. The Bertz CT molecular complexity index is 376. The van der Waals surface area contributed by atoms with Gasteiger partial charge in [0.25, 0.3) is 0 Å². The molecule has 0 aromatic carbocycles. The van der Waals surface area contributed by atoms with E-state index in [-0.39, 0.29) is 10.8 Å². The fraction of sp³-hybridized carbons (Fsp3) is 0.286. The first kappa shape index (κ1) is 10.9. The molecule has 1 rings (SSSR count). The van der Waals surface area contributed by atoms with Gasteiger partial charge in [0.15, 0.2) is 11.6 Å². The van der Waals surface area contributed by atoms with Crippen LogP contribution in [0.4, 0.5) is 0 Å². The Morgan fingerprint density at radius 1 is 1.29 bits per heavy atom. The van der Waals surface area contributed by atoms with Crippen LogP contribution in [0.15, 0.2) is 6.33 Å². The summed E-state index contributed by atoms with van der Waals surface area (Å²) in [7, 11) is 3.62. The summed E-state index contributed by atoms with van der Waals surface area (Å²) >= 11 is 9.82. The number of hydrogen-bond acceptors (Lipinski definition) is 5. The zero-order valence-corrected chi connectivity index (χ0v) is 9.39. The minimum atomic E-state index is 0.134. The van der Waals surface area contributed by atoms with Crippen LogP contribution in [0.3, 0.4) is 0 Å². The van der Waals surface area contributed by atoms with Crippen molar-refractivity contribution in [2.24, 2.45) is 5.73 Å². The largest absolute Gasteiger partial charge is 0.387 e. The van der Waals surface area contributed by atoms with Crippen LogP contribution in [0.5, 0.6) is 0 Å². The van der Waals surface area contributed by atoms with E-state index in [0.29, 0.717) is 10.8 Å². The molecule has 2 N–H and O–H groups in total. The van der Waals surface area contributed by atoms with Crippen molar-refractivity contribution >= 4 is 34.4 Å². The third kappa shape index (κ3) is 2.39. The Morgan fingerprint density at radius 3 is 2.36 bits per heavy atom. The minimum Gasteiger partial charge on any atom is -0.387 e. The van der Waals surface area contributed by atoms with Crippen LogP contribution in [0.1, 0.15) is 11.6 Å². The Labute approximate surface area is 92.4 Å². The van der Waals surface area contributed by atoms with Gasteiger partial charge in [-0.3, -0.25) is 0 Å². The van der Waals surface area contributed by atoms with Crippen LogP contribution in [0.2, 0.25) is 0 Å². The SMILES string of the molecule is CN(C)C(=S)c1ncnc(C(N)=S)n1. The molecule has 0 unspecified atom stereocenters. The molecule has 1 aromatic rings. The van der Waals surface area contributed by atoms with Gasteiger partial charge in [-0.15, -0.1) is 0 Å². The Morgan fingerprint density at radius 2 is 1.86 bits per heavy atom. The van der Waals surface area contributed by atoms with E-state index in [1.807, 2.05) is 14.1 Å². The molecule has 0 radical (unpaired) electrons. The van der Waals surface area contributed by atoms with E-state index >= 15 is 0 Å². The molecule has 0 amide bonds. The van der Waals surface area contributed by atoms with Gasteiger partial charge in [0.2, 0.25) is 0 Å². The van der Waals surface area contributed by atoms with E-state index in [0.717, 1.165) is 0 Å². The van der Waals surface area contributed by atoms with E-state index in [1.165, 1.54) is 6.33 Å². The molecular formula is C7H9N5S2. The summed E-state index contributed by atoms with van der Waals surface area (Å²) < 4.78 is 0. The highest BCUT2D eigenvalue weighted by Gasteiger charge is 2.09. The number of nitrogens with zero attached hydrogens (tertiary/aromatic N) is 4. The van der Waals surface area contributed by atoms with E-state index in [1.54, 1.807) is 4.90 Å². The number of thiocarbonyl (C=S) groups is 2. The van der Waals surface area contributed by atoms with Gasteiger partial charge in [-0.05, 0) is 0 Å². The number of rotatable bonds is 2. The van der Waals surface area contributed by atoms with Crippen molar-refractivity contribution in [2.75, 3.05) is 14.1 Å². The van der Waals surface area contributed by atoms with Gasteiger partial charge in [-0.25, -0.2) is 15.0 Å². The monoisotopic (exact) mass is 227 g/mol. The molecule has 74 valence electrons. The molecule has 0 saturated heterocycles. The highest BCUT2D eigenvalue weighted by atomic mass is 32.1. The maximum atomic E-state index is 5.38. The molecule has 1 heterocycles. The third-order valence-electron chi connectivity index (χ3n) is 1.39. The maximum Gasteiger partial charge on any atom is 0.190 e. The van der Waals surface area contributed by atoms with Crippen molar-refractivity contribution in [1.29, 1.82) is 0 Å². The molecule has 1 aromatic heterocycles. The predicted octanol–water partition coefficient (Wildman–Crippen LogP) is -0.257. The predicted molar refractivity (Wildman–Crippen MR) is 61.1 cm³/mol. The zero-order chi connectivity index (χ0) is 10.7. The minimum absolute atomic E-state index is 0.134. The van der Waals surface area contributed by atoms with Crippen LogP contribution in [0, 0.1) is 0 Å². The molecule has 7 heteroatoms. The van der Waals surface area contributed by atoms with E-state index < -0.39 is 0 Å². The van der Waals surface area contributed by atoms with Gasteiger partial charge >= 0.3 is 0 Å². The molecule has 0 aliphatic heterocycles. The van der Waals surface area contributed by atoms with Crippen molar-refractivity contribution < 1.29 is 0 Å². The Kier molecular flexibility index (Phi) is 3.37. The summed E-state index contributed by atoms with van der Waals surface area (Å²) in [5.41, 5.74) is 5.38. The lowest BCUT2D eigenvalue weighted by Crippen LogP contribution is -2.25. The molecule has 0 aliphatic rings. The Hall–Kier alpha value is -1.21. The van der Waals surface area contributed by atoms with Gasteiger partial charge in [0, 0.05) is 14.1 Å². The van der Waals surface area contributed by atoms with Gasteiger partial charge in [-0.1, -0.05) is 24.4 Å². The molecule has 0 aliphatic carbocycles. The molecule has 0 spiro atoms. The van der Waals surface area contributed by atoms with Crippen molar-refractivity contribution in [3.8, 4) is 0 Å². The molecule has 0 fully saturated rings. The van der Waals surface area contributed by atoms with Crippen molar-refractivity contribution in [2.45, 2.75) is 0 Å². The Balaban J connectivity index is 3.06. The summed E-state index contributed by atoms with van der Waals surface area (Å²) in [6.45, 7) is 0. The summed E-state index contributed by atoms with van der Waals surface area (Å²) in [6.07, 6.45) is 1.34. The zero-order valence-electron chi connectivity index (χ0n) is 7.76. The topological polar surface area (TPSA) is 67.9 Å². The first-order chi connectivity index (χ1) is 6.52. The van der Waals surface area contributed by atoms with Crippen LogP contribution in [-0.2, 0) is 0 Å². The van der Waals surface area contributed by atoms with Crippen LogP contribution < -0.4 is 5.73 Å². The maximum absolute atomic E-state index is 5.38. The van der Waals surface area contributed by atoms with Crippen molar-refractivity contribution in [1.82, 2.24) is 19.9 Å².